The Hall–Kier alpha value is -2.65. The third kappa shape index (κ3) is 4.70. The molecule has 0 spiro atoms. The number of ether oxygens (including phenoxy) is 1. The Labute approximate surface area is 156 Å². The van der Waals surface area contributed by atoms with Crippen LogP contribution in [-0.4, -0.2) is 18.5 Å². The number of carbonyl (C=O) groups excluding carboxylic acids is 2. The van der Waals surface area contributed by atoms with Gasteiger partial charge in [0.25, 0.3) is 5.91 Å². The summed E-state index contributed by atoms with van der Waals surface area (Å²) in [7, 11) is 0. The number of aryl methyl sites for hydroxylation is 2. The van der Waals surface area contributed by atoms with Crippen molar-refractivity contribution in [3.63, 3.8) is 0 Å². The van der Waals surface area contributed by atoms with Crippen LogP contribution < -0.4 is 5.32 Å². The van der Waals surface area contributed by atoms with Gasteiger partial charge in [-0.05, 0) is 55.0 Å². The first-order valence-corrected chi connectivity index (χ1v) is 9.52. The largest absolute Gasteiger partial charge is 0.451 e. The van der Waals surface area contributed by atoms with E-state index in [9.17, 15) is 9.59 Å². The highest BCUT2D eigenvalue weighted by atomic mass is 32.1. The minimum absolute atomic E-state index is 0.318. The predicted molar refractivity (Wildman–Crippen MR) is 100 cm³/mol. The van der Waals surface area contributed by atoms with Crippen molar-refractivity contribution in [3.05, 3.63) is 51.2 Å². The van der Waals surface area contributed by atoms with Crippen molar-refractivity contribution in [1.82, 2.24) is 0 Å². The zero-order valence-corrected chi connectivity index (χ0v) is 15.2. The summed E-state index contributed by atoms with van der Waals surface area (Å²) < 4.78 is 5.15. The minimum Gasteiger partial charge on any atom is -0.451 e. The fraction of sp³-hybridized carbons (Fsp3) is 0.350. The van der Waals surface area contributed by atoms with Gasteiger partial charge in [-0.1, -0.05) is 18.6 Å². The first kappa shape index (κ1) is 18.2. The number of fused-ring (bicyclic) bond motifs is 1. The third-order valence-electron chi connectivity index (χ3n) is 4.30. The Morgan fingerprint density at radius 3 is 2.69 bits per heavy atom. The maximum Gasteiger partial charge on any atom is 0.348 e. The molecule has 0 radical (unpaired) electrons. The molecule has 0 unspecified atom stereocenters. The number of nitrogens with zero attached hydrogens (tertiary/aromatic N) is 1. The molecule has 6 heteroatoms. The zero-order valence-electron chi connectivity index (χ0n) is 14.4. The summed E-state index contributed by atoms with van der Waals surface area (Å²) >= 11 is 1.49. The molecule has 134 valence electrons. The predicted octanol–water partition coefficient (Wildman–Crippen LogP) is 3.88. The van der Waals surface area contributed by atoms with Gasteiger partial charge >= 0.3 is 5.97 Å². The first-order valence-electron chi connectivity index (χ1n) is 8.70. The summed E-state index contributed by atoms with van der Waals surface area (Å²) in [5.41, 5.74) is 2.74. The second-order valence-electron chi connectivity index (χ2n) is 6.28. The lowest BCUT2D eigenvalue weighted by atomic mass is 10.1. The number of esters is 1. The number of nitrogens with one attached hydrogen (secondary N) is 1. The van der Waals surface area contributed by atoms with Crippen LogP contribution in [0.15, 0.2) is 30.3 Å². The maximum absolute atomic E-state index is 12.2. The second kappa shape index (κ2) is 8.63. The topological polar surface area (TPSA) is 79.2 Å². The molecular formula is C20H20N2O3S. The molecule has 1 aromatic heterocycles. The van der Waals surface area contributed by atoms with Gasteiger partial charge in [0.2, 0.25) is 0 Å². The molecule has 1 amide bonds. The molecule has 3 rings (SSSR count). The molecule has 1 aliphatic carbocycles. The van der Waals surface area contributed by atoms with Gasteiger partial charge in [0, 0.05) is 10.6 Å². The molecule has 1 heterocycles. The van der Waals surface area contributed by atoms with E-state index in [0.717, 1.165) is 31.2 Å². The lowest BCUT2D eigenvalue weighted by Crippen LogP contribution is -2.20. The number of carbonyl (C=O) groups is 2. The smallest absolute Gasteiger partial charge is 0.348 e. The molecule has 1 N–H and O–H groups in total. The van der Waals surface area contributed by atoms with Crippen molar-refractivity contribution in [2.45, 2.75) is 38.5 Å². The highest BCUT2D eigenvalue weighted by Crippen LogP contribution is 2.29. The standard InChI is InChI=1S/C20H20N2O3S/c21-11-10-14-6-8-16(9-7-14)22-19(23)13-25-20(24)18-12-15-4-2-1-3-5-17(15)26-18/h6-9,12H,1-5,10,13H2,(H,22,23). The lowest BCUT2D eigenvalue weighted by molar-refractivity contribution is -0.119. The molecule has 2 aromatic rings. The Bertz CT molecular complexity index is 810. The van der Waals surface area contributed by atoms with E-state index in [1.165, 1.54) is 28.2 Å². The van der Waals surface area contributed by atoms with Crippen molar-refractivity contribution >= 4 is 28.9 Å². The van der Waals surface area contributed by atoms with Crippen LogP contribution in [0.4, 0.5) is 5.69 Å². The molecule has 0 aliphatic heterocycles. The molecule has 0 saturated heterocycles. The average molecular weight is 368 g/mol. The van der Waals surface area contributed by atoms with Crippen LogP contribution in [0.5, 0.6) is 0 Å². The van der Waals surface area contributed by atoms with Gasteiger partial charge in [-0.15, -0.1) is 11.3 Å². The minimum atomic E-state index is -0.442. The van der Waals surface area contributed by atoms with Crippen LogP contribution in [0.25, 0.3) is 0 Å². The van der Waals surface area contributed by atoms with Crippen molar-refractivity contribution in [2.75, 3.05) is 11.9 Å². The molecular weight excluding hydrogens is 348 g/mol. The number of anilines is 1. The van der Waals surface area contributed by atoms with Crippen LogP contribution in [0.2, 0.25) is 0 Å². The summed E-state index contributed by atoms with van der Waals surface area (Å²) in [6.45, 7) is -0.318. The molecule has 1 aromatic carbocycles. The van der Waals surface area contributed by atoms with Gasteiger partial charge in [-0.25, -0.2) is 4.79 Å². The average Bonchev–Trinajstić information content (AvgIpc) is 2.92. The van der Waals surface area contributed by atoms with Crippen molar-refractivity contribution in [1.29, 1.82) is 5.26 Å². The second-order valence-corrected chi connectivity index (χ2v) is 7.41. The van der Waals surface area contributed by atoms with E-state index in [-0.39, 0.29) is 12.5 Å². The fourth-order valence-corrected chi connectivity index (χ4v) is 4.11. The number of hydrogen-bond donors (Lipinski definition) is 1. The summed E-state index contributed by atoms with van der Waals surface area (Å²) in [6.07, 6.45) is 5.93. The summed E-state index contributed by atoms with van der Waals surface area (Å²) in [4.78, 5) is 26.0. The molecule has 5 nitrogen and oxygen atoms in total. The van der Waals surface area contributed by atoms with Crippen molar-refractivity contribution in [2.24, 2.45) is 0 Å². The normalized spacial score (nSPS) is 13.2. The van der Waals surface area contributed by atoms with Gasteiger partial charge in [0.05, 0.1) is 12.5 Å². The van der Waals surface area contributed by atoms with Gasteiger partial charge in [0.1, 0.15) is 4.88 Å². The summed E-state index contributed by atoms with van der Waals surface area (Å²) in [5, 5.41) is 11.3. The van der Waals surface area contributed by atoms with Gasteiger partial charge in [0.15, 0.2) is 6.61 Å². The van der Waals surface area contributed by atoms with Crippen molar-refractivity contribution < 1.29 is 14.3 Å². The van der Waals surface area contributed by atoms with Crippen LogP contribution in [0.1, 0.15) is 44.9 Å². The van der Waals surface area contributed by atoms with E-state index in [0.29, 0.717) is 17.0 Å². The molecule has 1 aliphatic rings. The number of rotatable bonds is 5. The maximum atomic E-state index is 12.2. The molecule has 26 heavy (non-hydrogen) atoms. The van der Waals surface area contributed by atoms with Crippen LogP contribution in [0.3, 0.4) is 0 Å². The van der Waals surface area contributed by atoms with Gasteiger partial charge in [-0.2, -0.15) is 5.26 Å². The highest BCUT2D eigenvalue weighted by molar-refractivity contribution is 7.14. The molecule has 0 fully saturated rings. The first-order chi connectivity index (χ1) is 12.7. The van der Waals surface area contributed by atoms with Crippen LogP contribution in [0, 0.1) is 11.3 Å². The third-order valence-corrected chi connectivity index (χ3v) is 5.52. The fourth-order valence-electron chi connectivity index (χ4n) is 2.96. The van der Waals surface area contributed by atoms with E-state index < -0.39 is 5.97 Å². The molecule has 0 saturated carbocycles. The number of benzene rings is 1. The van der Waals surface area contributed by atoms with E-state index in [4.69, 9.17) is 10.00 Å². The van der Waals surface area contributed by atoms with Gasteiger partial charge in [-0.3, -0.25) is 4.79 Å². The van der Waals surface area contributed by atoms with E-state index in [2.05, 4.69) is 11.4 Å². The number of hydrogen-bond acceptors (Lipinski definition) is 5. The Morgan fingerprint density at radius 2 is 1.92 bits per heavy atom. The highest BCUT2D eigenvalue weighted by Gasteiger charge is 2.18. The Morgan fingerprint density at radius 1 is 1.15 bits per heavy atom. The molecule has 0 atom stereocenters. The Kier molecular flexibility index (Phi) is 6.03. The van der Waals surface area contributed by atoms with Crippen molar-refractivity contribution in [3.8, 4) is 6.07 Å². The van der Waals surface area contributed by atoms with E-state index >= 15 is 0 Å². The number of nitriles is 1. The lowest BCUT2D eigenvalue weighted by Gasteiger charge is -2.06. The molecule has 0 bridgehead atoms. The summed E-state index contributed by atoms with van der Waals surface area (Å²) in [5.74, 6) is -0.827. The zero-order chi connectivity index (χ0) is 18.4. The van der Waals surface area contributed by atoms with Crippen LogP contribution in [-0.2, 0) is 28.8 Å². The summed E-state index contributed by atoms with van der Waals surface area (Å²) in [6, 6.07) is 11.0. The number of thiophene rings is 1. The van der Waals surface area contributed by atoms with E-state index in [1.54, 1.807) is 24.3 Å². The Balaban J connectivity index is 1.51. The number of amides is 1. The van der Waals surface area contributed by atoms with Gasteiger partial charge < -0.3 is 10.1 Å². The van der Waals surface area contributed by atoms with E-state index in [1.807, 2.05) is 6.07 Å². The van der Waals surface area contributed by atoms with Crippen LogP contribution >= 0.6 is 11.3 Å². The monoisotopic (exact) mass is 368 g/mol. The quantitative estimate of drug-likeness (QED) is 0.642. The SMILES string of the molecule is N#CCc1ccc(NC(=O)COC(=O)c2cc3c(s2)CCCCC3)cc1.